The van der Waals surface area contributed by atoms with E-state index in [2.05, 4.69) is 29.1 Å². The lowest BCUT2D eigenvalue weighted by Crippen LogP contribution is -2.23. The Morgan fingerprint density at radius 1 is 1.28 bits per heavy atom. The van der Waals surface area contributed by atoms with Crippen molar-refractivity contribution in [1.29, 1.82) is 0 Å². The highest BCUT2D eigenvalue weighted by atomic mass is 16.3. The Morgan fingerprint density at radius 2 is 2.06 bits per heavy atom. The summed E-state index contributed by atoms with van der Waals surface area (Å²) in [6, 6.07) is 1.94. The quantitative estimate of drug-likeness (QED) is 0.737. The number of hydrogen-bond donors (Lipinski definition) is 2. The van der Waals surface area contributed by atoms with Crippen LogP contribution in [0.2, 0.25) is 0 Å². The number of aromatic nitrogens is 2. The molecule has 0 fully saturated rings. The standard InChI is InChI=1S/C13H24N4O/c1-4-6-11-15-12(14-7-5-2)10-13(16-11)17(3)8-9-18/h10,18H,4-9H2,1-3H3,(H,14,15,16). The zero-order chi connectivity index (χ0) is 13.4. The Balaban J connectivity index is 2.89. The summed E-state index contributed by atoms with van der Waals surface area (Å²) in [5, 5.41) is 12.3. The molecular weight excluding hydrogens is 228 g/mol. The van der Waals surface area contributed by atoms with Gasteiger partial charge in [0.25, 0.3) is 0 Å². The first-order valence-electron chi connectivity index (χ1n) is 6.65. The molecule has 0 aliphatic heterocycles. The van der Waals surface area contributed by atoms with E-state index >= 15 is 0 Å². The molecular formula is C13H24N4O. The normalized spacial score (nSPS) is 10.4. The Bertz CT molecular complexity index is 357. The zero-order valence-corrected chi connectivity index (χ0v) is 11.6. The van der Waals surface area contributed by atoms with Crippen molar-refractivity contribution in [3.63, 3.8) is 0 Å². The monoisotopic (exact) mass is 252 g/mol. The van der Waals surface area contributed by atoms with Gasteiger partial charge in [-0.05, 0) is 12.8 Å². The van der Waals surface area contributed by atoms with E-state index in [9.17, 15) is 0 Å². The van der Waals surface area contributed by atoms with Crippen LogP contribution in [-0.2, 0) is 6.42 Å². The van der Waals surface area contributed by atoms with Gasteiger partial charge in [-0.15, -0.1) is 0 Å². The van der Waals surface area contributed by atoms with Gasteiger partial charge in [-0.25, -0.2) is 9.97 Å². The largest absolute Gasteiger partial charge is 0.395 e. The maximum absolute atomic E-state index is 8.98. The molecule has 2 N–H and O–H groups in total. The highest BCUT2D eigenvalue weighted by Gasteiger charge is 2.07. The number of anilines is 2. The second-order valence-corrected chi connectivity index (χ2v) is 4.35. The summed E-state index contributed by atoms with van der Waals surface area (Å²) >= 11 is 0. The molecule has 0 aliphatic carbocycles. The number of aliphatic hydroxyl groups excluding tert-OH is 1. The van der Waals surface area contributed by atoms with Gasteiger partial charge in [-0.1, -0.05) is 13.8 Å². The maximum Gasteiger partial charge on any atom is 0.134 e. The van der Waals surface area contributed by atoms with Crippen molar-refractivity contribution < 1.29 is 5.11 Å². The first-order chi connectivity index (χ1) is 8.71. The predicted molar refractivity (Wildman–Crippen MR) is 75.2 cm³/mol. The van der Waals surface area contributed by atoms with Crippen LogP contribution in [0.5, 0.6) is 0 Å². The Labute approximate surface area is 109 Å². The summed E-state index contributed by atoms with van der Waals surface area (Å²) < 4.78 is 0. The highest BCUT2D eigenvalue weighted by Crippen LogP contribution is 2.15. The lowest BCUT2D eigenvalue weighted by Gasteiger charge is -2.18. The van der Waals surface area contributed by atoms with Gasteiger partial charge in [0.15, 0.2) is 0 Å². The second-order valence-electron chi connectivity index (χ2n) is 4.35. The number of hydrogen-bond acceptors (Lipinski definition) is 5. The molecule has 5 nitrogen and oxygen atoms in total. The van der Waals surface area contributed by atoms with Crippen LogP contribution in [0.15, 0.2) is 6.07 Å². The molecule has 102 valence electrons. The Kier molecular flexibility index (Phi) is 6.43. The van der Waals surface area contributed by atoms with E-state index in [0.29, 0.717) is 6.54 Å². The Morgan fingerprint density at radius 3 is 2.67 bits per heavy atom. The van der Waals surface area contributed by atoms with Crippen LogP contribution in [0, 0.1) is 0 Å². The van der Waals surface area contributed by atoms with Crippen LogP contribution in [0.25, 0.3) is 0 Å². The van der Waals surface area contributed by atoms with Crippen LogP contribution < -0.4 is 10.2 Å². The van der Waals surface area contributed by atoms with Crippen molar-refractivity contribution >= 4 is 11.6 Å². The van der Waals surface area contributed by atoms with E-state index in [1.807, 2.05) is 18.0 Å². The smallest absolute Gasteiger partial charge is 0.134 e. The number of rotatable bonds is 8. The van der Waals surface area contributed by atoms with Crippen LogP contribution >= 0.6 is 0 Å². The number of aryl methyl sites for hydroxylation is 1. The zero-order valence-electron chi connectivity index (χ0n) is 11.6. The molecule has 0 saturated heterocycles. The highest BCUT2D eigenvalue weighted by molar-refractivity contribution is 5.49. The molecule has 0 atom stereocenters. The number of aliphatic hydroxyl groups is 1. The third-order valence-electron chi connectivity index (χ3n) is 2.62. The minimum Gasteiger partial charge on any atom is -0.395 e. The maximum atomic E-state index is 8.98. The van der Waals surface area contributed by atoms with E-state index in [1.54, 1.807) is 0 Å². The lowest BCUT2D eigenvalue weighted by molar-refractivity contribution is 0.304. The molecule has 0 bridgehead atoms. The molecule has 1 aromatic rings. The summed E-state index contributed by atoms with van der Waals surface area (Å²) in [5.74, 6) is 2.59. The summed E-state index contributed by atoms with van der Waals surface area (Å²) in [7, 11) is 1.93. The van der Waals surface area contributed by atoms with Crippen molar-refractivity contribution in [2.24, 2.45) is 0 Å². The fourth-order valence-electron chi connectivity index (χ4n) is 1.62. The molecule has 5 heteroatoms. The fourth-order valence-corrected chi connectivity index (χ4v) is 1.62. The summed E-state index contributed by atoms with van der Waals surface area (Å²) in [6.07, 6.45) is 2.97. The van der Waals surface area contributed by atoms with Crippen LogP contribution in [0.1, 0.15) is 32.5 Å². The minimum atomic E-state index is 0.126. The van der Waals surface area contributed by atoms with Gasteiger partial charge in [-0.3, -0.25) is 0 Å². The average molecular weight is 252 g/mol. The first-order valence-corrected chi connectivity index (χ1v) is 6.65. The lowest BCUT2D eigenvalue weighted by atomic mass is 10.3. The molecule has 0 saturated carbocycles. The van der Waals surface area contributed by atoms with E-state index in [4.69, 9.17) is 5.11 Å². The van der Waals surface area contributed by atoms with Crippen LogP contribution in [0.3, 0.4) is 0 Å². The van der Waals surface area contributed by atoms with Gasteiger partial charge >= 0.3 is 0 Å². The van der Waals surface area contributed by atoms with Crippen molar-refractivity contribution in [3.05, 3.63) is 11.9 Å². The third-order valence-corrected chi connectivity index (χ3v) is 2.62. The molecule has 18 heavy (non-hydrogen) atoms. The molecule has 0 unspecified atom stereocenters. The minimum absolute atomic E-state index is 0.126. The van der Waals surface area contributed by atoms with Gasteiger partial charge in [0.1, 0.15) is 17.5 Å². The van der Waals surface area contributed by atoms with Gasteiger partial charge in [0, 0.05) is 32.6 Å². The average Bonchev–Trinajstić information content (AvgIpc) is 2.37. The molecule has 0 spiro atoms. The summed E-state index contributed by atoms with van der Waals surface area (Å²) in [4.78, 5) is 10.9. The van der Waals surface area contributed by atoms with E-state index in [1.165, 1.54) is 0 Å². The number of likely N-dealkylation sites (N-methyl/N-ethyl adjacent to an activating group) is 1. The van der Waals surface area contributed by atoms with E-state index in [0.717, 1.165) is 43.3 Å². The van der Waals surface area contributed by atoms with Crippen molar-refractivity contribution in [2.45, 2.75) is 33.1 Å². The Hall–Kier alpha value is -1.36. The van der Waals surface area contributed by atoms with Gasteiger partial charge in [0.2, 0.25) is 0 Å². The van der Waals surface area contributed by atoms with Crippen molar-refractivity contribution in [2.75, 3.05) is 37.0 Å². The second kappa shape index (κ2) is 7.87. The summed E-state index contributed by atoms with van der Waals surface area (Å²) in [5.41, 5.74) is 0. The SMILES string of the molecule is CCCNc1cc(N(C)CCO)nc(CCC)n1. The third kappa shape index (κ3) is 4.49. The first kappa shape index (κ1) is 14.7. The molecule has 0 amide bonds. The number of nitrogens with zero attached hydrogens (tertiary/aromatic N) is 3. The summed E-state index contributed by atoms with van der Waals surface area (Å²) in [6.45, 7) is 5.86. The van der Waals surface area contributed by atoms with Crippen LogP contribution in [0.4, 0.5) is 11.6 Å². The number of nitrogens with one attached hydrogen (secondary N) is 1. The van der Waals surface area contributed by atoms with Crippen molar-refractivity contribution in [3.8, 4) is 0 Å². The molecule has 1 heterocycles. The van der Waals surface area contributed by atoms with Crippen LogP contribution in [-0.4, -0.2) is 41.8 Å². The predicted octanol–water partition coefficient (Wildman–Crippen LogP) is 1.68. The molecule has 0 aliphatic rings. The van der Waals surface area contributed by atoms with E-state index < -0.39 is 0 Å². The topological polar surface area (TPSA) is 61.3 Å². The fraction of sp³-hybridized carbons (Fsp3) is 0.692. The van der Waals surface area contributed by atoms with Gasteiger partial charge < -0.3 is 15.3 Å². The molecule has 0 aromatic carbocycles. The molecule has 1 aromatic heterocycles. The molecule has 1 rings (SSSR count). The van der Waals surface area contributed by atoms with Gasteiger partial charge in [-0.2, -0.15) is 0 Å². The van der Waals surface area contributed by atoms with Crippen molar-refractivity contribution in [1.82, 2.24) is 9.97 Å². The molecule has 0 radical (unpaired) electrons. The van der Waals surface area contributed by atoms with E-state index in [-0.39, 0.29) is 6.61 Å². The van der Waals surface area contributed by atoms with Gasteiger partial charge in [0.05, 0.1) is 6.61 Å².